The monoisotopic (exact) mass is 207 g/mol. The third-order valence-electron chi connectivity index (χ3n) is 2.76. The van der Waals surface area contributed by atoms with Crippen molar-refractivity contribution in [3.63, 3.8) is 0 Å². The number of nitrogens with two attached hydrogens (primary N) is 1. The molecule has 1 fully saturated rings. The van der Waals surface area contributed by atoms with Gasteiger partial charge in [-0.05, 0) is 19.3 Å². The minimum atomic E-state index is 0.680. The normalized spacial score (nSPS) is 15.1. The van der Waals surface area contributed by atoms with Gasteiger partial charge >= 0.3 is 0 Å². The molecule has 15 heavy (non-hydrogen) atoms. The first-order valence-electron chi connectivity index (χ1n) is 5.33. The molecule has 0 unspecified atom stereocenters. The van der Waals surface area contributed by atoms with Crippen LogP contribution in [-0.4, -0.2) is 16.5 Å². The maximum absolute atomic E-state index is 5.34. The fourth-order valence-corrected chi connectivity index (χ4v) is 1.58. The average Bonchev–Trinajstić information content (AvgIpc) is 3.04. The molecule has 0 bridgehead atoms. The molecule has 0 aliphatic heterocycles. The van der Waals surface area contributed by atoms with Crippen molar-refractivity contribution in [1.82, 2.24) is 9.97 Å². The van der Waals surface area contributed by atoms with Crippen molar-refractivity contribution in [2.45, 2.75) is 26.2 Å². The molecular weight excluding hydrogens is 190 g/mol. The number of nitrogens with one attached hydrogen (secondary N) is 2. The van der Waals surface area contributed by atoms with Gasteiger partial charge in [-0.1, -0.05) is 12.8 Å². The predicted molar refractivity (Wildman–Crippen MR) is 60.4 cm³/mol. The second-order valence-corrected chi connectivity index (χ2v) is 4.00. The van der Waals surface area contributed by atoms with Gasteiger partial charge in [-0.25, -0.2) is 15.8 Å². The van der Waals surface area contributed by atoms with E-state index in [2.05, 4.69) is 20.7 Å². The summed E-state index contributed by atoms with van der Waals surface area (Å²) in [7, 11) is 0. The Morgan fingerprint density at radius 3 is 2.80 bits per heavy atom. The topological polar surface area (TPSA) is 75.9 Å². The van der Waals surface area contributed by atoms with E-state index in [1.165, 1.54) is 25.6 Å². The molecule has 5 nitrogen and oxygen atoms in total. The molecule has 5 heteroatoms. The zero-order valence-electron chi connectivity index (χ0n) is 8.95. The Morgan fingerprint density at radius 1 is 1.40 bits per heavy atom. The van der Waals surface area contributed by atoms with Crippen molar-refractivity contribution in [2.75, 3.05) is 17.3 Å². The number of hydrogen-bond acceptors (Lipinski definition) is 5. The molecule has 1 heterocycles. The third-order valence-corrected chi connectivity index (χ3v) is 2.76. The molecule has 82 valence electrons. The van der Waals surface area contributed by atoms with Gasteiger partial charge in [0, 0.05) is 12.1 Å². The van der Waals surface area contributed by atoms with E-state index in [9.17, 15) is 0 Å². The van der Waals surface area contributed by atoms with E-state index in [1.807, 2.05) is 6.92 Å². The lowest BCUT2D eigenvalue weighted by molar-refractivity contribution is 0.757. The SMILES string of the molecule is Cc1c(NN)ncnc1NCCC1CC1. The second kappa shape index (κ2) is 4.44. The molecule has 0 atom stereocenters. The molecule has 0 aromatic carbocycles. The highest BCUT2D eigenvalue weighted by molar-refractivity contribution is 5.55. The molecular formula is C10H17N5. The Kier molecular flexibility index (Phi) is 3.01. The second-order valence-electron chi connectivity index (χ2n) is 4.00. The Balaban J connectivity index is 1.93. The van der Waals surface area contributed by atoms with Crippen LogP contribution in [0.5, 0.6) is 0 Å². The number of hydrazine groups is 1. The predicted octanol–water partition coefficient (Wildman–Crippen LogP) is 1.28. The van der Waals surface area contributed by atoms with Crippen LogP contribution in [0.2, 0.25) is 0 Å². The van der Waals surface area contributed by atoms with E-state index in [0.29, 0.717) is 5.82 Å². The average molecular weight is 207 g/mol. The molecule has 4 N–H and O–H groups in total. The van der Waals surface area contributed by atoms with Crippen LogP contribution < -0.4 is 16.6 Å². The van der Waals surface area contributed by atoms with E-state index >= 15 is 0 Å². The van der Waals surface area contributed by atoms with E-state index in [-0.39, 0.29) is 0 Å². The van der Waals surface area contributed by atoms with Crippen molar-refractivity contribution < 1.29 is 0 Å². The lowest BCUT2D eigenvalue weighted by Crippen LogP contribution is -2.13. The van der Waals surface area contributed by atoms with Crippen LogP contribution in [0, 0.1) is 12.8 Å². The maximum Gasteiger partial charge on any atom is 0.148 e. The van der Waals surface area contributed by atoms with Crippen LogP contribution >= 0.6 is 0 Å². The van der Waals surface area contributed by atoms with Crippen molar-refractivity contribution in [2.24, 2.45) is 11.8 Å². The highest BCUT2D eigenvalue weighted by Crippen LogP contribution is 2.32. The zero-order valence-corrected chi connectivity index (χ0v) is 8.95. The lowest BCUT2D eigenvalue weighted by atomic mass is 10.2. The summed E-state index contributed by atoms with van der Waals surface area (Å²) in [6, 6.07) is 0. The first-order valence-corrected chi connectivity index (χ1v) is 5.33. The molecule has 1 aliphatic carbocycles. The van der Waals surface area contributed by atoms with Gasteiger partial charge < -0.3 is 10.7 Å². The number of nitrogens with zero attached hydrogens (tertiary/aromatic N) is 2. The van der Waals surface area contributed by atoms with E-state index in [4.69, 9.17) is 5.84 Å². The van der Waals surface area contributed by atoms with E-state index in [1.54, 1.807) is 0 Å². The Labute approximate surface area is 89.5 Å². The van der Waals surface area contributed by atoms with Crippen molar-refractivity contribution in [3.05, 3.63) is 11.9 Å². The first-order chi connectivity index (χ1) is 7.31. The number of nitrogen functional groups attached to an aromatic ring is 1. The smallest absolute Gasteiger partial charge is 0.148 e. The third kappa shape index (κ3) is 2.56. The van der Waals surface area contributed by atoms with Crippen LogP contribution in [0.4, 0.5) is 11.6 Å². The number of rotatable bonds is 5. The Morgan fingerprint density at radius 2 is 2.13 bits per heavy atom. The van der Waals surface area contributed by atoms with Gasteiger partial charge in [-0.3, -0.25) is 0 Å². The molecule has 2 rings (SSSR count). The molecule has 0 amide bonds. The minimum absolute atomic E-state index is 0.680. The Hall–Kier alpha value is -1.36. The summed E-state index contributed by atoms with van der Waals surface area (Å²) in [4.78, 5) is 8.21. The standard InChI is InChI=1S/C10H17N5/c1-7-9(12-5-4-8-2-3-8)13-6-14-10(7)15-11/h6,8H,2-5,11H2,1H3,(H2,12,13,14,15). The van der Waals surface area contributed by atoms with Gasteiger partial charge in [0.05, 0.1) is 0 Å². The molecule has 0 radical (unpaired) electrons. The summed E-state index contributed by atoms with van der Waals surface area (Å²) < 4.78 is 0. The highest BCUT2D eigenvalue weighted by atomic mass is 15.3. The van der Waals surface area contributed by atoms with Crippen LogP contribution in [0.15, 0.2) is 6.33 Å². The van der Waals surface area contributed by atoms with Gasteiger partial charge in [0.2, 0.25) is 0 Å². The minimum Gasteiger partial charge on any atom is -0.370 e. The van der Waals surface area contributed by atoms with Gasteiger partial charge in [0.15, 0.2) is 0 Å². The van der Waals surface area contributed by atoms with Gasteiger partial charge in [-0.15, -0.1) is 0 Å². The molecule has 1 aromatic heterocycles. The summed E-state index contributed by atoms with van der Waals surface area (Å²) >= 11 is 0. The van der Waals surface area contributed by atoms with Gasteiger partial charge in [0.25, 0.3) is 0 Å². The maximum atomic E-state index is 5.34. The zero-order chi connectivity index (χ0) is 10.7. The largest absolute Gasteiger partial charge is 0.370 e. The van der Waals surface area contributed by atoms with Crippen LogP contribution in [0.1, 0.15) is 24.8 Å². The van der Waals surface area contributed by atoms with Crippen LogP contribution in [-0.2, 0) is 0 Å². The van der Waals surface area contributed by atoms with Crippen molar-refractivity contribution in [3.8, 4) is 0 Å². The number of aromatic nitrogens is 2. The molecule has 0 spiro atoms. The quantitative estimate of drug-likeness (QED) is 0.501. The number of hydrogen-bond donors (Lipinski definition) is 3. The first kappa shape index (κ1) is 10.2. The van der Waals surface area contributed by atoms with Crippen LogP contribution in [0.25, 0.3) is 0 Å². The van der Waals surface area contributed by atoms with Gasteiger partial charge in [-0.2, -0.15) is 0 Å². The van der Waals surface area contributed by atoms with E-state index < -0.39 is 0 Å². The fraction of sp³-hybridized carbons (Fsp3) is 0.600. The summed E-state index contributed by atoms with van der Waals surface area (Å²) in [6.07, 6.45) is 5.52. The number of anilines is 2. The summed E-state index contributed by atoms with van der Waals surface area (Å²) in [5.41, 5.74) is 3.52. The van der Waals surface area contributed by atoms with Crippen molar-refractivity contribution >= 4 is 11.6 Å². The molecule has 1 aromatic rings. The van der Waals surface area contributed by atoms with E-state index in [0.717, 1.165) is 23.8 Å². The Bertz CT molecular complexity index is 335. The summed E-state index contributed by atoms with van der Waals surface area (Å²) in [6.45, 7) is 2.93. The van der Waals surface area contributed by atoms with Crippen LogP contribution in [0.3, 0.4) is 0 Å². The molecule has 1 aliphatic rings. The lowest BCUT2D eigenvalue weighted by Gasteiger charge is -2.10. The highest BCUT2D eigenvalue weighted by Gasteiger charge is 2.20. The molecule has 1 saturated carbocycles. The summed E-state index contributed by atoms with van der Waals surface area (Å²) in [5.74, 6) is 7.83. The van der Waals surface area contributed by atoms with Gasteiger partial charge in [0.1, 0.15) is 18.0 Å². The fourth-order valence-electron chi connectivity index (χ4n) is 1.58. The van der Waals surface area contributed by atoms with Crippen molar-refractivity contribution in [1.29, 1.82) is 0 Å². The molecule has 0 saturated heterocycles. The summed E-state index contributed by atoms with van der Waals surface area (Å²) in [5, 5.41) is 3.31.